The summed E-state index contributed by atoms with van der Waals surface area (Å²) in [5.74, 6) is -1.49. The summed E-state index contributed by atoms with van der Waals surface area (Å²) >= 11 is 0. The number of carbonyl (C=O) groups is 1. The fraction of sp³-hybridized carbons (Fsp3) is 0. The first-order chi connectivity index (χ1) is 12.6. The van der Waals surface area contributed by atoms with Crippen molar-refractivity contribution in [3.05, 3.63) is 84.6 Å². The lowest BCUT2D eigenvalue weighted by Gasteiger charge is -2.11. The number of fused-ring (bicyclic) bond motifs is 1. The van der Waals surface area contributed by atoms with E-state index in [0.717, 1.165) is 22.3 Å². The third-order valence-electron chi connectivity index (χ3n) is 4.40. The first kappa shape index (κ1) is 15.8. The van der Waals surface area contributed by atoms with Crippen molar-refractivity contribution in [2.75, 3.05) is 0 Å². The molecule has 2 N–H and O–H groups in total. The Kier molecular flexibility index (Phi) is 3.86. The number of aromatic nitrogens is 1. The van der Waals surface area contributed by atoms with Crippen molar-refractivity contribution in [2.24, 2.45) is 0 Å². The van der Waals surface area contributed by atoms with Crippen molar-refractivity contribution in [3.8, 4) is 28.0 Å². The predicted molar refractivity (Wildman–Crippen MR) is 101 cm³/mol. The van der Waals surface area contributed by atoms with Crippen molar-refractivity contribution in [3.63, 3.8) is 0 Å². The second-order valence-corrected chi connectivity index (χ2v) is 5.97. The van der Waals surface area contributed by atoms with Gasteiger partial charge in [0.2, 0.25) is 0 Å². The summed E-state index contributed by atoms with van der Waals surface area (Å²) in [5, 5.41) is 20.4. The SMILES string of the molecule is O=C(O)c1cc(-c2ccc(-c3ccccc3)cc2)c2cccnc2c1O. The van der Waals surface area contributed by atoms with E-state index in [4.69, 9.17) is 0 Å². The molecule has 0 radical (unpaired) electrons. The molecular weight excluding hydrogens is 326 g/mol. The highest BCUT2D eigenvalue weighted by Gasteiger charge is 2.18. The lowest BCUT2D eigenvalue weighted by atomic mass is 9.95. The van der Waals surface area contributed by atoms with Crippen LogP contribution in [0.5, 0.6) is 5.75 Å². The lowest BCUT2D eigenvalue weighted by Crippen LogP contribution is -1.99. The fourth-order valence-electron chi connectivity index (χ4n) is 3.10. The molecule has 0 fully saturated rings. The van der Waals surface area contributed by atoms with E-state index in [1.165, 1.54) is 12.3 Å². The Bertz CT molecular complexity index is 1100. The molecular formula is C22H15NO3. The van der Waals surface area contributed by atoms with Crippen LogP contribution in [-0.2, 0) is 0 Å². The van der Waals surface area contributed by atoms with Gasteiger partial charge in [0.05, 0.1) is 0 Å². The highest BCUT2D eigenvalue weighted by molar-refractivity contribution is 6.05. The summed E-state index contributed by atoms with van der Waals surface area (Å²) in [6, 6.07) is 23.0. The number of pyridine rings is 1. The van der Waals surface area contributed by atoms with Crippen molar-refractivity contribution < 1.29 is 15.0 Å². The average Bonchev–Trinajstić information content (AvgIpc) is 2.69. The van der Waals surface area contributed by atoms with Crippen LogP contribution in [-0.4, -0.2) is 21.2 Å². The third-order valence-corrected chi connectivity index (χ3v) is 4.40. The topological polar surface area (TPSA) is 70.4 Å². The maximum absolute atomic E-state index is 11.5. The summed E-state index contributed by atoms with van der Waals surface area (Å²) in [7, 11) is 0. The molecule has 1 aromatic heterocycles. The minimum Gasteiger partial charge on any atom is -0.505 e. The zero-order valence-corrected chi connectivity index (χ0v) is 13.8. The van der Waals surface area contributed by atoms with E-state index >= 15 is 0 Å². The number of nitrogens with zero attached hydrogens (tertiary/aromatic N) is 1. The van der Waals surface area contributed by atoms with Gasteiger partial charge in [0.15, 0.2) is 5.75 Å². The molecule has 26 heavy (non-hydrogen) atoms. The first-order valence-corrected chi connectivity index (χ1v) is 8.15. The normalized spacial score (nSPS) is 10.8. The molecule has 0 saturated carbocycles. The Balaban J connectivity index is 1.89. The van der Waals surface area contributed by atoms with Crippen LogP contribution in [0.3, 0.4) is 0 Å². The monoisotopic (exact) mass is 341 g/mol. The molecule has 4 heteroatoms. The average molecular weight is 341 g/mol. The maximum Gasteiger partial charge on any atom is 0.339 e. The van der Waals surface area contributed by atoms with Gasteiger partial charge in [0.1, 0.15) is 11.1 Å². The zero-order valence-electron chi connectivity index (χ0n) is 13.8. The largest absolute Gasteiger partial charge is 0.505 e. The lowest BCUT2D eigenvalue weighted by molar-refractivity contribution is 0.0694. The van der Waals surface area contributed by atoms with E-state index < -0.39 is 5.97 Å². The smallest absolute Gasteiger partial charge is 0.339 e. The molecule has 1 heterocycles. The Labute approximate surface area is 150 Å². The van der Waals surface area contributed by atoms with Gasteiger partial charge in [-0.25, -0.2) is 4.79 Å². The number of aromatic carboxylic acids is 1. The Hall–Kier alpha value is -3.66. The summed E-state index contributed by atoms with van der Waals surface area (Å²) in [6.45, 7) is 0. The van der Waals surface area contributed by atoms with Gasteiger partial charge in [0.25, 0.3) is 0 Å². The number of carboxylic acids is 1. The van der Waals surface area contributed by atoms with Gasteiger partial charge in [-0.3, -0.25) is 4.98 Å². The van der Waals surface area contributed by atoms with E-state index in [2.05, 4.69) is 4.98 Å². The van der Waals surface area contributed by atoms with Crippen LogP contribution < -0.4 is 0 Å². The molecule has 0 saturated heterocycles. The van der Waals surface area contributed by atoms with Crippen molar-refractivity contribution >= 4 is 16.9 Å². The molecule has 0 aliphatic rings. The van der Waals surface area contributed by atoms with Gasteiger partial charge in [-0.1, -0.05) is 60.7 Å². The minimum absolute atomic E-state index is 0.154. The van der Waals surface area contributed by atoms with Gasteiger partial charge in [-0.05, 0) is 34.4 Å². The van der Waals surface area contributed by atoms with E-state index in [1.807, 2.05) is 60.7 Å². The van der Waals surface area contributed by atoms with E-state index in [-0.39, 0.29) is 16.8 Å². The number of rotatable bonds is 3. The number of benzene rings is 3. The highest BCUT2D eigenvalue weighted by Crippen LogP contribution is 2.36. The Morgan fingerprint density at radius 2 is 1.46 bits per heavy atom. The van der Waals surface area contributed by atoms with Crippen LogP contribution in [0, 0.1) is 0 Å². The molecule has 126 valence electrons. The summed E-state index contributed by atoms with van der Waals surface area (Å²) in [6.07, 6.45) is 1.54. The Morgan fingerprint density at radius 3 is 2.15 bits per heavy atom. The molecule has 4 aromatic rings. The van der Waals surface area contributed by atoms with Gasteiger partial charge in [0, 0.05) is 11.6 Å². The number of aromatic hydroxyl groups is 1. The van der Waals surface area contributed by atoms with Crippen molar-refractivity contribution in [2.45, 2.75) is 0 Å². The fourth-order valence-corrected chi connectivity index (χ4v) is 3.10. The Morgan fingerprint density at radius 1 is 0.808 bits per heavy atom. The number of carboxylic acid groups (broad SMARTS) is 1. The molecule has 0 amide bonds. The number of phenols is 1. The second kappa shape index (κ2) is 6.33. The molecule has 4 rings (SSSR count). The van der Waals surface area contributed by atoms with Crippen LogP contribution in [0.25, 0.3) is 33.2 Å². The first-order valence-electron chi connectivity index (χ1n) is 8.15. The van der Waals surface area contributed by atoms with Crippen LogP contribution in [0.2, 0.25) is 0 Å². The summed E-state index contributed by atoms with van der Waals surface area (Å²) < 4.78 is 0. The molecule has 0 unspecified atom stereocenters. The molecule has 0 bridgehead atoms. The standard InChI is InChI=1S/C22H15NO3/c24-21-19(22(25)26)13-18(17-7-4-12-23-20(17)21)16-10-8-15(9-11-16)14-5-2-1-3-6-14/h1-13,24H,(H,25,26). The quantitative estimate of drug-likeness (QED) is 0.552. The van der Waals surface area contributed by atoms with E-state index in [9.17, 15) is 15.0 Å². The highest BCUT2D eigenvalue weighted by atomic mass is 16.4. The zero-order chi connectivity index (χ0) is 18.1. The molecule has 0 atom stereocenters. The molecule has 0 spiro atoms. The molecule has 0 aliphatic carbocycles. The maximum atomic E-state index is 11.5. The minimum atomic E-state index is -1.18. The van der Waals surface area contributed by atoms with E-state index in [1.54, 1.807) is 6.07 Å². The summed E-state index contributed by atoms with van der Waals surface area (Å²) in [4.78, 5) is 15.7. The van der Waals surface area contributed by atoms with Crippen LogP contribution in [0.4, 0.5) is 0 Å². The van der Waals surface area contributed by atoms with Crippen LogP contribution in [0.15, 0.2) is 79.0 Å². The molecule has 0 aliphatic heterocycles. The molecule has 3 aromatic carbocycles. The number of hydrogen-bond acceptors (Lipinski definition) is 3. The van der Waals surface area contributed by atoms with Crippen LogP contribution in [0.1, 0.15) is 10.4 Å². The van der Waals surface area contributed by atoms with E-state index in [0.29, 0.717) is 5.39 Å². The second-order valence-electron chi connectivity index (χ2n) is 5.97. The van der Waals surface area contributed by atoms with Gasteiger partial charge >= 0.3 is 5.97 Å². The summed E-state index contributed by atoms with van der Waals surface area (Å²) in [5.41, 5.74) is 3.91. The van der Waals surface area contributed by atoms with Crippen LogP contribution >= 0.6 is 0 Å². The third kappa shape index (κ3) is 2.67. The number of hydrogen-bond donors (Lipinski definition) is 2. The van der Waals surface area contributed by atoms with Crippen molar-refractivity contribution in [1.82, 2.24) is 4.98 Å². The van der Waals surface area contributed by atoms with Gasteiger partial charge in [-0.2, -0.15) is 0 Å². The predicted octanol–water partition coefficient (Wildman–Crippen LogP) is 4.97. The van der Waals surface area contributed by atoms with Gasteiger partial charge in [-0.15, -0.1) is 0 Å². The van der Waals surface area contributed by atoms with Crippen molar-refractivity contribution in [1.29, 1.82) is 0 Å². The van der Waals surface area contributed by atoms with Gasteiger partial charge < -0.3 is 10.2 Å². The molecule has 4 nitrogen and oxygen atoms in total.